The Balaban J connectivity index is 1.65. The molecule has 7 nitrogen and oxygen atoms in total. The van der Waals surface area contributed by atoms with Crippen LogP contribution in [0.3, 0.4) is 0 Å². The molecule has 0 saturated carbocycles. The largest absolute Gasteiger partial charge is 0.342 e. The van der Waals surface area contributed by atoms with Crippen LogP contribution in [-0.4, -0.2) is 51.3 Å². The summed E-state index contributed by atoms with van der Waals surface area (Å²) in [6.45, 7) is 3.20. The summed E-state index contributed by atoms with van der Waals surface area (Å²) in [5.41, 5.74) is 1.35. The average Bonchev–Trinajstić information content (AvgIpc) is 3.02. The molecular formula is C17H20ClN5O2. The number of aromatic nitrogens is 3. The first kappa shape index (κ1) is 17.4. The number of likely N-dealkylation sites (tertiary alicyclic amines) is 1. The Labute approximate surface area is 150 Å². The lowest BCUT2D eigenvalue weighted by atomic mass is 10.1. The molecule has 132 valence electrons. The van der Waals surface area contributed by atoms with Crippen LogP contribution in [0.1, 0.15) is 35.4 Å². The van der Waals surface area contributed by atoms with E-state index >= 15 is 0 Å². The number of amides is 2. The lowest BCUT2D eigenvalue weighted by molar-refractivity contribution is -0.130. The number of nitrogens with one attached hydrogen (secondary N) is 1. The van der Waals surface area contributed by atoms with Gasteiger partial charge in [0.1, 0.15) is 0 Å². The first-order chi connectivity index (χ1) is 12.0. The summed E-state index contributed by atoms with van der Waals surface area (Å²) in [6.07, 6.45) is 3.20. The molecule has 2 heterocycles. The minimum absolute atomic E-state index is 0.0255. The van der Waals surface area contributed by atoms with Gasteiger partial charge >= 0.3 is 0 Å². The summed E-state index contributed by atoms with van der Waals surface area (Å²) in [6, 6.07) is 7.05. The maximum atomic E-state index is 12.3. The molecule has 1 saturated heterocycles. The van der Waals surface area contributed by atoms with Crippen LogP contribution < -0.4 is 5.32 Å². The third-order valence-electron chi connectivity index (χ3n) is 4.15. The van der Waals surface area contributed by atoms with E-state index in [0.29, 0.717) is 16.4 Å². The van der Waals surface area contributed by atoms with Gasteiger partial charge in [-0.2, -0.15) is 9.90 Å². The fourth-order valence-electron chi connectivity index (χ4n) is 2.80. The van der Waals surface area contributed by atoms with Crippen molar-refractivity contribution in [3.8, 4) is 5.69 Å². The number of hydrogen-bond acceptors (Lipinski definition) is 4. The van der Waals surface area contributed by atoms with Crippen LogP contribution in [0.15, 0.2) is 24.3 Å². The van der Waals surface area contributed by atoms with Crippen molar-refractivity contribution in [3.05, 3.63) is 40.7 Å². The summed E-state index contributed by atoms with van der Waals surface area (Å²) in [4.78, 5) is 27.6. The Hall–Kier alpha value is -2.41. The van der Waals surface area contributed by atoms with Crippen molar-refractivity contribution in [1.82, 2.24) is 25.2 Å². The van der Waals surface area contributed by atoms with Crippen LogP contribution in [-0.2, 0) is 4.79 Å². The second kappa shape index (κ2) is 7.65. The molecule has 0 radical (unpaired) electrons. The lowest BCUT2D eigenvalue weighted by Gasteiger charge is -2.26. The number of carbonyl (C=O) groups excluding carboxylic acids is 2. The molecule has 2 amide bonds. The number of piperidine rings is 1. The van der Waals surface area contributed by atoms with Gasteiger partial charge in [-0.3, -0.25) is 9.59 Å². The van der Waals surface area contributed by atoms with Crippen molar-refractivity contribution in [2.45, 2.75) is 26.2 Å². The smallest absolute Gasteiger partial charge is 0.274 e. The molecule has 2 aromatic rings. The quantitative estimate of drug-likeness (QED) is 0.902. The monoisotopic (exact) mass is 361 g/mol. The van der Waals surface area contributed by atoms with Gasteiger partial charge in [0.05, 0.1) is 17.9 Å². The summed E-state index contributed by atoms with van der Waals surface area (Å²) < 4.78 is 0. The second-order valence-electron chi connectivity index (χ2n) is 6.03. The maximum absolute atomic E-state index is 12.3. The molecule has 0 spiro atoms. The van der Waals surface area contributed by atoms with E-state index in [2.05, 4.69) is 15.5 Å². The molecule has 1 aromatic heterocycles. The number of benzene rings is 1. The number of hydrogen-bond donors (Lipinski definition) is 1. The molecule has 0 aliphatic carbocycles. The Morgan fingerprint density at radius 2 is 1.96 bits per heavy atom. The highest BCUT2D eigenvalue weighted by Gasteiger charge is 2.20. The molecular weight excluding hydrogens is 342 g/mol. The number of carbonyl (C=O) groups is 2. The zero-order valence-electron chi connectivity index (χ0n) is 14.0. The molecule has 1 fully saturated rings. The van der Waals surface area contributed by atoms with Crippen LogP contribution in [0.4, 0.5) is 0 Å². The van der Waals surface area contributed by atoms with Gasteiger partial charge in [-0.15, -0.1) is 5.10 Å². The number of halogens is 1. The molecule has 1 N–H and O–H groups in total. The first-order valence-corrected chi connectivity index (χ1v) is 8.68. The maximum Gasteiger partial charge on any atom is 0.274 e. The molecule has 25 heavy (non-hydrogen) atoms. The van der Waals surface area contributed by atoms with Gasteiger partial charge in [0.2, 0.25) is 5.91 Å². The van der Waals surface area contributed by atoms with Crippen LogP contribution in [0.2, 0.25) is 5.02 Å². The van der Waals surface area contributed by atoms with E-state index in [0.717, 1.165) is 32.4 Å². The highest BCUT2D eigenvalue weighted by Crippen LogP contribution is 2.14. The topological polar surface area (TPSA) is 80.1 Å². The van der Waals surface area contributed by atoms with Gasteiger partial charge in [0.25, 0.3) is 5.91 Å². The highest BCUT2D eigenvalue weighted by atomic mass is 35.5. The van der Waals surface area contributed by atoms with Gasteiger partial charge in [0, 0.05) is 18.1 Å². The Morgan fingerprint density at radius 1 is 1.20 bits per heavy atom. The van der Waals surface area contributed by atoms with E-state index in [1.54, 1.807) is 36.1 Å². The predicted molar refractivity (Wildman–Crippen MR) is 93.9 cm³/mol. The van der Waals surface area contributed by atoms with E-state index in [-0.39, 0.29) is 18.1 Å². The van der Waals surface area contributed by atoms with Crippen molar-refractivity contribution in [3.63, 3.8) is 0 Å². The standard InChI is InChI=1S/C17H20ClN5O2/c1-12-16(21-23(20-12)14-7-5-6-13(18)10-14)17(25)19-11-15(24)22-8-3-2-4-9-22/h5-7,10H,2-4,8-9,11H2,1H3,(H,19,25). The van der Waals surface area contributed by atoms with E-state index in [1.807, 2.05) is 0 Å². The van der Waals surface area contributed by atoms with Crippen LogP contribution >= 0.6 is 11.6 Å². The van der Waals surface area contributed by atoms with E-state index in [4.69, 9.17) is 11.6 Å². The van der Waals surface area contributed by atoms with E-state index in [1.165, 1.54) is 4.80 Å². The Kier molecular flexibility index (Phi) is 5.33. The Morgan fingerprint density at radius 3 is 2.68 bits per heavy atom. The van der Waals surface area contributed by atoms with Crippen LogP contribution in [0.5, 0.6) is 0 Å². The summed E-state index contributed by atoms with van der Waals surface area (Å²) in [5, 5.41) is 11.7. The minimum Gasteiger partial charge on any atom is -0.342 e. The van der Waals surface area contributed by atoms with Gasteiger partial charge in [0.15, 0.2) is 5.69 Å². The first-order valence-electron chi connectivity index (χ1n) is 8.30. The van der Waals surface area contributed by atoms with E-state index < -0.39 is 5.91 Å². The average molecular weight is 362 g/mol. The van der Waals surface area contributed by atoms with Crippen LogP contribution in [0.25, 0.3) is 5.69 Å². The van der Waals surface area contributed by atoms with E-state index in [9.17, 15) is 9.59 Å². The number of nitrogens with zero attached hydrogens (tertiary/aromatic N) is 4. The van der Waals surface area contributed by atoms with Crippen LogP contribution in [0, 0.1) is 6.92 Å². The van der Waals surface area contributed by atoms with Crippen molar-refractivity contribution >= 4 is 23.4 Å². The molecule has 0 unspecified atom stereocenters. The number of aryl methyl sites for hydroxylation is 1. The fraction of sp³-hybridized carbons (Fsp3) is 0.412. The fourth-order valence-corrected chi connectivity index (χ4v) is 2.98. The predicted octanol–water partition coefficient (Wildman–Crippen LogP) is 1.97. The molecule has 8 heteroatoms. The third kappa shape index (κ3) is 4.17. The van der Waals surface area contributed by atoms with Gasteiger partial charge in [-0.25, -0.2) is 0 Å². The molecule has 1 aliphatic rings. The van der Waals surface area contributed by atoms with Crippen molar-refractivity contribution in [2.24, 2.45) is 0 Å². The molecule has 0 bridgehead atoms. The summed E-state index contributed by atoms with van der Waals surface area (Å²) >= 11 is 5.97. The lowest BCUT2D eigenvalue weighted by Crippen LogP contribution is -2.42. The molecule has 1 aliphatic heterocycles. The molecule has 3 rings (SSSR count). The van der Waals surface area contributed by atoms with Gasteiger partial charge in [-0.05, 0) is 44.4 Å². The summed E-state index contributed by atoms with van der Waals surface area (Å²) in [5.74, 6) is -0.468. The van der Waals surface area contributed by atoms with Gasteiger partial charge < -0.3 is 10.2 Å². The molecule has 1 aromatic carbocycles. The summed E-state index contributed by atoms with van der Waals surface area (Å²) in [7, 11) is 0. The Bertz CT molecular complexity index is 783. The molecule has 0 atom stereocenters. The second-order valence-corrected chi connectivity index (χ2v) is 6.46. The SMILES string of the molecule is Cc1nn(-c2cccc(Cl)c2)nc1C(=O)NCC(=O)N1CCCCC1. The van der Waals surface area contributed by atoms with Crippen molar-refractivity contribution in [1.29, 1.82) is 0 Å². The van der Waals surface area contributed by atoms with Crippen molar-refractivity contribution in [2.75, 3.05) is 19.6 Å². The minimum atomic E-state index is -0.406. The third-order valence-corrected chi connectivity index (χ3v) is 4.38. The highest BCUT2D eigenvalue weighted by molar-refractivity contribution is 6.30. The zero-order chi connectivity index (χ0) is 17.8. The normalized spacial score (nSPS) is 14.4. The zero-order valence-corrected chi connectivity index (χ0v) is 14.8. The number of rotatable bonds is 4. The van der Waals surface area contributed by atoms with Gasteiger partial charge in [-0.1, -0.05) is 17.7 Å². The van der Waals surface area contributed by atoms with Crippen molar-refractivity contribution < 1.29 is 9.59 Å².